The van der Waals surface area contributed by atoms with E-state index in [9.17, 15) is 17.6 Å². The minimum absolute atomic E-state index is 0.0412. The first-order valence-corrected chi connectivity index (χ1v) is 11.5. The molecule has 2 aliphatic rings. The molecule has 4 rings (SSSR count). The molecule has 2 aromatic rings. The van der Waals surface area contributed by atoms with Crippen molar-refractivity contribution in [2.45, 2.75) is 24.7 Å². The van der Waals surface area contributed by atoms with Crippen molar-refractivity contribution in [2.24, 2.45) is 5.92 Å². The Kier molecular flexibility index (Phi) is 5.51. The summed E-state index contributed by atoms with van der Waals surface area (Å²) in [4.78, 5) is 15.1. The molecule has 2 heterocycles. The van der Waals surface area contributed by atoms with Crippen LogP contribution < -0.4 is 0 Å². The molecule has 0 fully saturated rings. The molecule has 2 aromatic carbocycles. The van der Waals surface area contributed by atoms with E-state index in [-0.39, 0.29) is 35.7 Å². The van der Waals surface area contributed by atoms with Gasteiger partial charge in [-0.05, 0) is 40.8 Å². The predicted octanol–water partition coefficient (Wildman–Crippen LogP) is 3.41. The highest BCUT2D eigenvalue weighted by Gasteiger charge is 2.39. The topological polar surface area (TPSA) is 57.7 Å². The van der Waals surface area contributed by atoms with Crippen LogP contribution in [0.15, 0.2) is 70.6 Å². The molecule has 0 radical (unpaired) electrons. The summed E-state index contributed by atoms with van der Waals surface area (Å²) >= 11 is 0. The molecular formula is C23H25FN2O3S. The van der Waals surface area contributed by atoms with Crippen LogP contribution in [0, 0.1) is 11.7 Å². The summed E-state index contributed by atoms with van der Waals surface area (Å²) in [6.45, 7) is 5.46. The lowest BCUT2D eigenvalue weighted by Gasteiger charge is -2.28. The van der Waals surface area contributed by atoms with Gasteiger partial charge in [-0.25, -0.2) is 12.8 Å². The lowest BCUT2D eigenvalue weighted by atomic mass is 9.87. The molecule has 0 saturated heterocycles. The van der Waals surface area contributed by atoms with E-state index in [2.05, 4.69) is 0 Å². The monoisotopic (exact) mass is 428 g/mol. The molecule has 0 spiro atoms. The average Bonchev–Trinajstić information content (AvgIpc) is 3.28. The molecule has 2 aliphatic heterocycles. The van der Waals surface area contributed by atoms with Crippen molar-refractivity contribution in [2.75, 3.05) is 26.2 Å². The highest BCUT2D eigenvalue weighted by molar-refractivity contribution is 7.89. The quantitative estimate of drug-likeness (QED) is 0.686. The SMILES string of the molecule is CC(C)[C@@H](C(=O)N1CC2=C(C1)CN(S(=O)(=O)c1cccc(F)c1)C2)c1ccccc1. The van der Waals surface area contributed by atoms with Gasteiger partial charge >= 0.3 is 0 Å². The van der Waals surface area contributed by atoms with Crippen LogP contribution in [0.4, 0.5) is 4.39 Å². The van der Waals surface area contributed by atoms with Crippen LogP contribution in [0.25, 0.3) is 0 Å². The van der Waals surface area contributed by atoms with E-state index < -0.39 is 15.8 Å². The Morgan fingerprint density at radius 1 is 0.933 bits per heavy atom. The summed E-state index contributed by atoms with van der Waals surface area (Å²) in [6, 6.07) is 14.8. The third-order valence-corrected chi connectivity index (χ3v) is 7.62. The fourth-order valence-corrected chi connectivity index (χ4v) is 5.78. The number of rotatable bonds is 5. The molecule has 0 unspecified atom stereocenters. The first-order chi connectivity index (χ1) is 14.3. The maximum Gasteiger partial charge on any atom is 0.243 e. The van der Waals surface area contributed by atoms with Crippen molar-refractivity contribution in [3.63, 3.8) is 0 Å². The van der Waals surface area contributed by atoms with Crippen molar-refractivity contribution in [3.05, 3.63) is 77.1 Å². The van der Waals surface area contributed by atoms with Gasteiger partial charge in [-0.3, -0.25) is 4.79 Å². The second-order valence-corrected chi connectivity index (χ2v) is 10.2. The average molecular weight is 429 g/mol. The normalized spacial score (nSPS) is 18.2. The number of benzene rings is 2. The highest BCUT2D eigenvalue weighted by atomic mass is 32.2. The third-order valence-electron chi connectivity index (χ3n) is 5.83. The van der Waals surface area contributed by atoms with E-state index >= 15 is 0 Å². The summed E-state index contributed by atoms with van der Waals surface area (Å²) in [5.74, 6) is -0.572. The number of nitrogens with zero attached hydrogens (tertiary/aromatic N) is 2. The maximum atomic E-state index is 13.5. The lowest BCUT2D eigenvalue weighted by molar-refractivity contribution is -0.132. The van der Waals surface area contributed by atoms with E-state index in [1.54, 1.807) is 0 Å². The molecule has 0 aromatic heterocycles. The van der Waals surface area contributed by atoms with Crippen LogP contribution in [-0.4, -0.2) is 49.7 Å². The van der Waals surface area contributed by atoms with Crippen LogP contribution in [0.3, 0.4) is 0 Å². The minimum Gasteiger partial charge on any atom is -0.334 e. The number of amides is 1. The predicted molar refractivity (Wildman–Crippen MR) is 113 cm³/mol. The number of halogens is 1. The fraction of sp³-hybridized carbons (Fsp3) is 0.348. The van der Waals surface area contributed by atoms with Gasteiger partial charge in [-0.1, -0.05) is 50.2 Å². The molecule has 0 N–H and O–H groups in total. The Morgan fingerprint density at radius 2 is 1.57 bits per heavy atom. The molecule has 1 atom stereocenters. The number of carbonyl (C=O) groups excluding carboxylic acids is 1. The van der Waals surface area contributed by atoms with E-state index in [0.717, 1.165) is 22.8 Å². The molecule has 158 valence electrons. The summed E-state index contributed by atoms with van der Waals surface area (Å²) in [6.07, 6.45) is 0. The van der Waals surface area contributed by atoms with E-state index in [0.29, 0.717) is 13.1 Å². The smallest absolute Gasteiger partial charge is 0.243 e. The van der Waals surface area contributed by atoms with Crippen LogP contribution in [0.2, 0.25) is 0 Å². The van der Waals surface area contributed by atoms with Gasteiger partial charge in [-0.15, -0.1) is 0 Å². The second-order valence-electron chi connectivity index (χ2n) is 8.26. The Bertz CT molecular complexity index is 1080. The van der Waals surface area contributed by atoms with Gasteiger partial charge in [0, 0.05) is 26.2 Å². The maximum absolute atomic E-state index is 13.5. The summed E-state index contributed by atoms with van der Waals surface area (Å²) < 4.78 is 40.6. The highest BCUT2D eigenvalue weighted by Crippen LogP contribution is 2.33. The Labute approximate surface area is 176 Å². The standard InChI is InChI=1S/C23H25FN2O3S/c1-16(2)22(17-7-4-3-5-8-17)23(27)25-12-18-14-26(15-19(18)13-25)30(28,29)21-10-6-9-20(24)11-21/h3-11,16,22H,12-15H2,1-2H3/t22-/m1/s1. The summed E-state index contributed by atoms with van der Waals surface area (Å²) in [5, 5.41) is 0. The van der Waals surface area contributed by atoms with Gasteiger partial charge in [0.1, 0.15) is 5.82 Å². The van der Waals surface area contributed by atoms with Crippen LogP contribution >= 0.6 is 0 Å². The third kappa shape index (κ3) is 3.79. The molecule has 0 aliphatic carbocycles. The number of sulfonamides is 1. The fourth-order valence-electron chi connectivity index (χ4n) is 4.32. The molecular weight excluding hydrogens is 403 g/mol. The van der Waals surface area contributed by atoms with Crippen LogP contribution in [-0.2, 0) is 14.8 Å². The van der Waals surface area contributed by atoms with Gasteiger partial charge in [-0.2, -0.15) is 4.31 Å². The van der Waals surface area contributed by atoms with Crippen LogP contribution in [0.5, 0.6) is 0 Å². The first-order valence-electron chi connectivity index (χ1n) is 10.1. The summed E-state index contributed by atoms with van der Waals surface area (Å²) in [5.41, 5.74) is 2.94. The second kappa shape index (κ2) is 7.96. The zero-order valence-corrected chi connectivity index (χ0v) is 17.9. The van der Waals surface area contributed by atoms with Gasteiger partial charge < -0.3 is 4.90 Å². The summed E-state index contributed by atoms with van der Waals surface area (Å²) in [7, 11) is -3.77. The van der Waals surface area contributed by atoms with Crippen molar-refractivity contribution in [1.29, 1.82) is 0 Å². The molecule has 7 heteroatoms. The van der Waals surface area contributed by atoms with Crippen molar-refractivity contribution in [1.82, 2.24) is 9.21 Å². The number of hydrogen-bond acceptors (Lipinski definition) is 3. The van der Waals surface area contributed by atoms with E-state index in [1.807, 2.05) is 49.1 Å². The zero-order valence-electron chi connectivity index (χ0n) is 17.1. The van der Waals surface area contributed by atoms with Gasteiger partial charge in [0.05, 0.1) is 10.8 Å². The Balaban J connectivity index is 1.46. The van der Waals surface area contributed by atoms with E-state index in [4.69, 9.17) is 0 Å². The van der Waals surface area contributed by atoms with Crippen LogP contribution in [0.1, 0.15) is 25.3 Å². The first kappa shape index (κ1) is 20.8. The van der Waals surface area contributed by atoms with Crippen molar-refractivity contribution in [3.8, 4) is 0 Å². The van der Waals surface area contributed by atoms with Crippen molar-refractivity contribution < 1.29 is 17.6 Å². The Morgan fingerprint density at radius 3 is 2.13 bits per heavy atom. The Hall–Kier alpha value is -2.51. The molecule has 0 bridgehead atoms. The number of carbonyl (C=O) groups is 1. The lowest BCUT2D eigenvalue weighted by Crippen LogP contribution is -2.39. The minimum atomic E-state index is -3.77. The molecule has 30 heavy (non-hydrogen) atoms. The largest absolute Gasteiger partial charge is 0.334 e. The van der Waals surface area contributed by atoms with Gasteiger partial charge in [0.25, 0.3) is 0 Å². The molecule has 0 saturated carbocycles. The molecule has 1 amide bonds. The van der Waals surface area contributed by atoms with Gasteiger partial charge in [0.15, 0.2) is 0 Å². The van der Waals surface area contributed by atoms with Crippen molar-refractivity contribution >= 4 is 15.9 Å². The number of hydrogen-bond donors (Lipinski definition) is 0. The van der Waals surface area contributed by atoms with E-state index in [1.165, 1.54) is 22.5 Å². The zero-order chi connectivity index (χ0) is 21.5. The molecule has 5 nitrogen and oxygen atoms in total. The van der Waals surface area contributed by atoms with Gasteiger partial charge in [0.2, 0.25) is 15.9 Å².